The number of nitrogens with zero attached hydrogens (tertiary/aromatic N) is 3. The minimum absolute atomic E-state index is 0.00935. The first-order chi connectivity index (χ1) is 27.2. The van der Waals surface area contributed by atoms with Gasteiger partial charge in [0, 0.05) is 30.0 Å². The molecule has 2 aliphatic carbocycles. The van der Waals surface area contributed by atoms with Gasteiger partial charge in [-0.3, -0.25) is 28.9 Å². The van der Waals surface area contributed by atoms with Crippen molar-refractivity contribution in [2.24, 2.45) is 17.8 Å². The number of rotatable bonds is 10. The summed E-state index contributed by atoms with van der Waals surface area (Å²) in [4.78, 5) is 61.8. The number of hydrogen-bond donors (Lipinski definition) is 3. The van der Waals surface area contributed by atoms with E-state index in [-0.39, 0.29) is 47.6 Å². The molecule has 0 radical (unpaired) electrons. The normalized spacial score (nSPS) is 31.1. The van der Waals surface area contributed by atoms with E-state index >= 15 is 18.0 Å². The molecular weight excluding hydrogens is 784 g/mol. The van der Waals surface area contributed by atoms with E-state index in [0.717, 1.165) is 17.9 Å². The van der Waals surface area contributed by atoms with E-state index in [9.17, 15) is 27.9 Å². The smallest absolute Gasteiger partial charge is 0.408 e. The summed E-state index contributed by atoms with van der Waals surface area (Å²) < 4.78 is 89.2. The highest BCUT2D eigenvalue weighted by Crippen LogP contribution is 2.51. The largest absolute Gasteiger partial charge is 0.494 e. The van der Waals surface area contributed by atoms with Crippen molar-refractivity contribution >= 4 is 44.6 Å². The summed E-state index contributed by atoms with van der Waals surface area (Å²) in [6.07, 6.45) is 4.88. The summed E-state index contributed by atoms with van der Waals surface area (Å²) in [5.41, 5.74) is -4.60. The predicted octanol–water partition coefficient (Wildman–Crippen LogP) is 5.75. The second-order valence-electron chi connectivity index (χ2n) is 16.5. The number of alkyl halides is 2. The van der Waals surface area contributed by atoms with Gasteiger partial charge in [0.15, 0.2) is 17.2 Å². The Hall–Kier alpha value is -4.61. The zero-order valence-electron chi connectivity index (χ0n) is 33.5. The number of halogens is 3. The Morgan fingerprint density at radius 1 is 1.17 bits per heavy atom. The van der Waals surface area contributed by atoms with Gasteiger partial charge in [-0.2, -0.15) is 8.78 Å². The number of methoxy groups -OCH3 is 1. The van der Waals surface area contributed by atoms with Crippen molar-refractivity contribution in [2.45, 2.75) is 133 Å². The van der Waals surface area contributed by atoms with Crippen LogP contribution < -0.4 is 19.5 Å². The summed E-state index contributed by atoms with van der Waals surface area (Å²) in [6, 6.07) is -5.07. The quantitative estimate of drug-likeness (QED) is 0.197. The number of benzene rings is 1. The van der Waals surface area contributed by atoms with Crippen LogP contribution in [0.3, 0.4) is 0 Å². The molecule has 1 unspecified atom stereocenters. The van der Waals surface area contributed by atoms with Crippen molar-refractivity contribution in [3.8, 4) is 11.6 Å². The fourth-order valence-corrected chi connectivity index (χ4v) is 9.83. The number of carboxylic acid groups (broad SMARTS) is 1. The van der Waals surface area contributed by atoms with Crippen LogP contribution in [0.15, 0.2) is 36.5 Å². The average Bonchev–Trinajstić information content (AvgIpc) is 4.09. The Kier molecular flexibility index (Phi) is 11.8. The van der Waals surface area contributed by atoms with Crippen LogP contribution in [0.5, 0.6) is 11.6 Å². The summed E-state index contributed by atoms with van der Waals surface area (Å²) in [6.45, 7) is 7.91. The third-order valence-corrected chi connectivity index (χ3v) is 14.2. The third-order valence-electron chi connectivity index (χ3n) is 12.4. The SMILES string of the molecule is CCC(C)N(C(=O)O)[C@@H]1C(=O)N2[C@@H](C[C@@](C)(Oc3nccc4cc(OC)c(F)cc34)C2(F)F)C(=O)N[C@]2(C(=O)NS(=O)(=O)C3CC3)C[C@H]2/C=C\CC[C@@H](C)C[C@H]1CC. The van der Waals surface area contributed by atoms with E-state index in [1.165, 1.54) is 25.4 Å². The molecule has 3 N–H and O–H groups in total. The van der Waals surface area contributed by atoms with Gasteiger partial charge in [0.25, 0.3) is 11.8 Å². The minimum Gasteiger partial charge on any atom is -0.494 e. The number of hydrogen-bond acceptors (Lipinski definition) is 9. The number of nitrogens with one attached hydrogen (secondary N) is 2. The Morgan fingerprint density at radius 2 is 1.88 bits per heavy atom. The van der Waals surface area contributed by atoms with Crippen LogP contribution in [0.25, 0.3) is 10.8 Å². The van der Waals surface area contributed by atoms with Crippen molar-refractivity contribution in [2.75, 3.05) is 7.11 Å². The predicted molar refractivity (Wildman–Crippen MR) is 206 cm³/mol. The van der Waals surface area contributed by atoms with Gasteiger partial charge in [0.1, 0.15) is 17.6 Å². The highest BCUT2D eigenvalue weighted by molar-refractivity contribution is 7.91. The van der Waals surface area contributed by atoms with Gasteiger partial charge in [0.2, 0.25) is 21.8 Å². The van der Waals surface area contributed by atoms with Crippen LogP contribution in [-0.4, -0.2) is 99.8 Å². The number of amides is 4. The zero-order valence-corrected chi connectivity index (χ0v) is 34.3. The lowest BCUT2D eigenvalue weighted by atomic mass is 9.83. The van der Waals surface area contributed by atoms with E-state index in [2.05, 4.69) is 15.0 Å². The van der Waals surface area contributed by atoms with Gasteiger partial charge in [-0.1, -0.05) is 39.3 Å². The minimum atomic E-state index is -4.36. The van der Waals surface area contributed by atoms with Gasteiger partial charge in [-0.15, -0.1) is 0 Å². The highest BCUT2D eigenvalue weighted by Gasteiger charge is 2.71. The van der Waals surface area contributed by atoms with E-state index in [4.69, 9.17) is 9.47 Å². The van der Waals surface area contributed by atoms with Crippen LogP contribution in [0.4, 0.5) is 18.0 Å². The molecule has 0 spiro atoms. The van der Waals surface area contributed by atoms with E-state index in [1.807, 2.05) is 13.0 Å². The molecule has 14 nitrogen and oxygen atoms in total. The third kappa shape index (κ3) is 7.79. The Bertz CT molecular complexity index is 2100. The van der Waals surface area contributed by atoms with E-state index < -0.39 is 104 Å². The van der Waals surface area contributed by atoms with Crippen molar-refractivity contribution < 1.29 is 55.3 Å². The second-order valence-corrected chi connectivity index (χ2v) is 18.4. The van der Waals surface area contributed by atoms with Crippen LogP contribution in [0.1, 0.15) is 92.4 Å². The maximum atomic E-state index is 17.6. The first kappa shape index (κ1) is 43.0. The monoisotopic (exact) mass is 835 g/mol. The molecular formula is C40H52F3N5O9S. The molecule has 1 aromatic carbocycles. The number of carbonyl (C=O) groups excluding carboxylic acids is 3. The Labute approximate surface area is 335 Å². The fraction of sp³-hybridized carbons (Fsp3) is 0.625. The molecule has 0 bridgehead atoms. The Morgan fingerprint density at radius 3 is 2.50 bits per heavy atom. The second kappa shape index (κ2) is 15.9. The number of allylic oxidation sites excluding steroid dienone is 1. The van der Waals surface area contributed by atoms with Crippen molar-refractivity contribution in [1.29, 1.82) is 0 Å². The molecule has 1 saturated heterocycles. The topological polar surface area (TPSA) is 185 Å². The van der Waals surface area contributed by atoms with Gasteiger partial charge in [0.05, 0.1) is 12.4 Å². The van der Waals surface area contributed by atoms with Crippen molar-refractivity contribution in [1.82, 2.24) is 24.8 Å². The molecule has 4 amide bonds. The van der Waals surface area contributed by atoms with Crippen LogP contribution in [-0.2, 0) is 24.4 Å². The van der Waals surface area contributed by atoms with Crippen LogP contribution in [0, 0.1) is 23.6 Å². The lowest BCUT2D eigenvalue weighted by Crippen LogP contribution is -2.64. The molecule has 2 aromatic rings. The summed E-state index contributed by atoms with van der Waals surface area (Å²) in [5.74, 6) is -6.53. The molecule has 6 rings (SSSR count). The average molecular weight is 836 g/mol. The highest BCUT2D eigenvalue weighted by atomic mass is 32.2. The first-order valence-electron chi connectivity index (χ1n) is 19.8. The molecule has 3 fully saturated rings. The number of carbonyl (C=O) groups is 4. The maximum absolute atomic E-state index is 17.6. The molecule has 4 aliphatic rings. The van der Waals surface area contributed by atoms with Gasteiger partial charge in [-0.25, -0.2) is 22.6 Å². The number of fused-ring (bicyclic) bond motifs is 3. The maximum Gasteiger partial charge on any atom is 0.408 e. The number of aromatic nitrogens is 1. The summed E-state index contributed by atoms with van der Waals surface area (Å²) in [7, 11) is -2.83. The van der Waals surface area contributed by atoms with Gasteiger partial charge >= 0.3 is 12.1 Å². The number of pyridine rings is 1. The molecule has 2 aliphatic heterocycles. The van der Waals surface area contributed by atoms with Gasteiger partial charge < -0.3 is 19.9 Å². The van der Waals surface area contributed by atoms with Crippen molar-refractivity contribution in [3.05, 3.63) is 42.4 Å². The molecule has 1 aromatic heterocycles. The first-order valence-corrected chi connectivity index (χ1v) is 21.4. The molecule has 2 saturated carbocycles. The zero-order chi connectivity index (χ0) is 42.5. The number of ether oxygens (including phenoxy) is 2. The Balaban J connectivity index is 1.50. The van der Waals surface area contributed by atoms with Crippen molar-refractivity contribution in [3.63, 3.8) is 0 Å². The van der Waals surface area contributed by atoms with Crippen LogP contribution in [0.2, 0.25) is 0 Å². The molecule has 318 valence electrons. The van der Waals surface area contributed by atoms with E-state index in [0.29, 0.717) is 31.1 Å². The summed E-state index contributed by atoms with van der Waals surface area (Å²) >= 11 is 0. The molecule has 3 heterocycles. The lowest BCUT2D eigenvalue weighted by molar-refractivity contribution is -0.219. The molecule has 58 heavy (non-hydrogen) atoms. The van der Waals surface area contributed by atoms with Crippen LogP contribution >= 0.6 is 0 Å². The molecule has 18 heteroatoms. The summed E-state index contributed by atoms with van der Waals surface area (Å²) in [5, 5.41) is 12.7. The van der Waals surface area contributed by atoms with Gasteiger partial charge in [-0.05, 0) is 94.2 Å². The van der Waals surface area contributed by atoms with E-state index in [1.54, 1.807) is 26.8 Å². The lowest BCUT2D eigenvalue weighted by Gasteiger charge is -2.43. The fourth-order valence-electron chi connectivity index (χ4n) is 8.47. The standard InChI is InChI=1S/C40H52F3N5O9S/c1-7-23(4)47(37(52)53)32-24(8-2)17-22(3)11-9-10-12-26-20-39(26,36(51)46-58(54,55)27-13-14-27)45-33(49)30-21-38(5,40(42,43)48(30)35(32)50)57-34-28-19-29(41)31(56-6)18-25(28)15-16-44-34/h10,12,15-16,18-19,22-24,26-27,30,32H,7-9,11,13-14,17,20-21H2,1-6H3,(H,45,49)(H,46,51)(H,52,53)/b12-10-/t22-,23?,24-,26-,30+,32+,38-,39-/m1/s1. The molecule has 8 atom stereocenters. The number of sulfonamides is 1.